The fourth-order valence-electron chi connectivity index (χ4n) is 3.52. The summed E-state index contributed by atoms with van der Waals surface area (Å²) < 4.78 is 7.01. The molecule has 4 aromatic rings. The van der Waals surface area contributed by atoms with E-state index < -0.39 is 0 Å². The monoisotopic (exact) mass is 457 g/mol. The van der Waals surface area contributed by atoms with Crippen molar-refractivity contribution in [1.82, 2.24) is 15.1 Å². The summed E-state index contributed by atoms with van der Waals surface area (Å²) in [4.78, 5) is 5.30. The van der Waals surface area contributed by atoms with Crippen LogP contribution in [0.5, 0.6) is 0 Å². The molecule has 0 N–H and O–H groups in total. The van der Waals surface area contributed by atoms with Crippen LogP contribution >= 0.6 is 38.6 Å². The van der Waals surface area contributed by atoms with E-state index >= 15 is 0 Å². The Morgan fingerprint density at radius 1 is 1.07 bits per heavy atom. The number of hydrogen-bond donors (Lipinski definition) is 0. The molecular formula is C20H16BrN3OS2. The van der Waals surface area contributed by atoms with Gasteiger partial charge in [-0.1, -0.05) is 22.0 Å². The lowest BCUT2D eigenvalue weighted by atomic mass is 9.98. The van der Waals surface area contributed by atoms with Gasteiger partial charge in [0, 0.05) is 26.3 Å². The summed E-state index contributed by atoms with van der Waals surface area (Å²) in [6.07, 6.45) is 1.07. The van der Waals surface area contributed by atoms with Gasteiger partial charge in [-0.25, -0.2) is 0 Å². The van der Waals surface area contributed by atoms with Crippen LogP contribution < -0.4 is 0 Å². The van der Waals surface area contributed by atoms with Crippen LogP contribution in [0.3, 0.4) is 0 Å². The van der Waals surface area contributed by atoms with E-state index in [0.29, 0.717) is 18.3 Å². The fraction of sp³-hybridized carbons (Fsp3) is 0.200. The van der Waals surface area contributed by atoms with Crippen molar-refractivity contribution in [3.63, 3.8) is 0 Å². The molecule has 0 fully saturated rings. The smallest absolute Gasteiger partial charge is 0.247 e. The number of rotatable bonds is 4. The van der Waals surface area contributed by atoms with Gasteiger partial charge in [-0.15, -0.1) is 32.9 Å². The summed E-state index contributed by atoms with van der Waals surface area (Å²) in [6, 6.07) is 14.8. The molecule has 0 aliphatic carbocycles. The lowest BCUT2D eigenvalue weighted by Gasteiger charge is -2.34. The van der Waals surface area contributed by atoms with Gasteiger partial charge in [0.25, 0.3) is 0 Å². The van der Waals surface area contributed by atoms with E-state index in [1.807, 2.05) is 35.6 Å². The predicted molar refractivity (Wildman–Crippen MR) is 112 cm³/mol. The van der Waals surface area contributed by atoms with E-state index in [2.05, 4.69) is 60.0 Å². The van der Waals surface area contributed by atoms with Crippen molar-refractivity contribution in [2.45, 2.75) is 19.0 Å². The Morgan fingerprint density at radius 2 is 1.96 bits per heavy atom. The maximum atomic E-state index is 5.97. The Morgan fingerprint density at radius 3 is 2.78 bits per heavy atom. The van der Waals surface area contributed by atoms with Crippen molar-refractivity contribution < 1.29 is 4.42 Å². The normalized spacial score (nSPS) is 17.1. The lowest BCUT2D eigenvalue weighted by Crippen LogP contribution is -2.34. The summed E-state index contributed by atoms with van der Waals surface area (Å²) in [7, 11) is 0. The van der Waals surface area contributed by atoms with Gasteiger partial charge in [0.05, 0.1) is 12.6 Å². The Balaban J connectivity index is 1.42. The van der Waals surface area contributed by atoms with Crippen molar-refractivity contribution in [2.75, 3.05) is 6.54 Å². The second-order valence-electron chi connectivity index (χ2n) is 6.45. The van der Waals surface area contributed by atoms with Crippen molar-refractivity contribution in [2.24, 2.45) is 0 Å². The standard InChI is InChI=1S/C20H16BrN3OS2/c21-14-5-3-13(4-6-14)20-23-22-18(25-20)12-24-9-7-16-15(8-11-27-16)19(24)17-2-1-10-26-17/h1-6,8,10-11,19H,7,9,12H2. The molecule has 1 unspecified atom stereocenters. The first-order chi connectivity index (χ1) is 13.3. The number of fused-ring (bicyclic) bond motifs is 1. The summed E-state index contributed by atoms with van der Waals surface area (Å²) >= 11 is 7.12. The molecule has 7 heteroatoms. The molecule has 1 aromatic carbocycles. The molecule has 1 aliphatic heterocycles. The second-order valence-corrected chi connectivity index (χ2v) is 9.34. The number of nitrogens with zero attached hydrogens (tertiary/aromatic N) is 3. The SMILES string of the molecule is Brc1ccc(-c2nnc(CN3CCc4sccc4C3c3cccs3)o2)cc1. The highest BCUT2D eigenvalue weighted by molar-refractivity contribution is 9.10. The van der Waals surface area contributed by atoms with Crippen LogP contribution in [-0.4, -0.2) is 21.6 Å². The van der Waals surface area contributed by atoms with Gasteiger partial charge in [0.2, 0.25) is 11.8 Å². The van der Waals surface area contributed by atoms with E-state index in [1.165, 1.54) is 15.3 Å². The Kier molecular flexibility index (Phi) is 4.69. The molecule has 5 rings (SSSR count). The van der Waals surface area contributed by atoms with E-state index in [4.69, 9.17) is 4.42 Å². The quantitative estimate of drug-likeness (QED) is 0.390. The maximum Gasteiger partial charge on any atom is 0.247 e. The molecule has 4 nitrogen and oxygen atoms in total. The molecule has 0 bridgehead atoms. The molecule has 0 saturated carbocycles. The highest BCUT2D eigenvalue weighted by atomic mass is 79.9. The third kappa shape index (κ3) is 3.40. The maximum absolute atomic E-state index is 5.97. The van der Waals surface area contributed by atoms with Gasteiger partial charge in [-0.05, 0) is 59.1 Å². The molecule has 136 valence electrons. The molecule has 0 radical (unpaired) electrons. The van der Waals surface area contributed by atoms with Gasteiger partial charge in [0.1, 0.15) is 0 Å². The molecule has 0 spiro atoms. The number of halogens is 1. The minimum atomic E-state index is 0.267. The largest absolute Gasteiger partial charge is 0.419 e. The average molecular weight is 458 g/mol. The molecule has 4 heterocycles. The van der Waals surface area contributed by atoms with Gasteiger partial charge in [-0.3, -0.25) is 4.90 Å². The molecule has 0 amide bonds. The van der Waals surface area contributed by atoms with Crippen LogP contribution in [0.1, 0.15) is 27.3 Å². The molecule has 0 saturated heterocycles. The summed E-state index contributed by atoms with van der Waals surface area (Å²) in [6.45, 7) is 1.65. The van der Waals surface area contributed by atoms with Crippen molar-refractivity contribution in [1.29, 1.82) is 0 Å². The molecular weight excluding hydrogens is 442 g/mol. The Labute approximate surface area is 173 Å². The summed E-state index contributed by atoms with van der Waals surface area (Å²) in [5, 5.41) is 12.9. The zero-order chi connectivity index (χ0) is 18.2. The number of thiophene rings is 2. The van der Waals surface area contributed by atoms with Gasteiger partial charge in [0.15, 0.2) is 0 Å². The van der Waals surface area contributed by atoms with E-state index in [-0.39, 0.29) is 6.04 Å². The van der Waals surface area contributed by atoms with Crippen LogP contribution in [0.2, 0.25) is 0 Å². The zero-order valence-corrected chi connectivity index (χ0v) is 17.6. The van der Waals surface area contributed by atoms with Gasteiger partial charge < -0.3 is 4.42 Å². The minimum Gasteiger partial charge on any atom is -0.419 e. The number of aromatic nitrogens is 2. The van der Waals surface area contributed by atoms with Crippen LogP contribution in [0.4, 0.5) is 0 Å². The zero-order valence-electron chi connectivity index (χ0n) is 14.3. The highest BCUT2D eigenvalue weighted by Crippen LogP contribution is 2.40. The van der Waals surface area contributed by atoms with Crippen LogP contribution in [0.15, 0.2) is 62.1 Å². The number of benzene rings is 1. The summed E-state index contributed by atoms with van der Waals surface area (Å²) in [5.41, 5.74) is 2.35. The van der Waals surface area contributed by atoms with Gasteiger partial charge in [-0.2, -0.15) is 0 Å². The molecule has 27 heavy (non-hydrogen) atoms. The molecule has 3 aromatic heterocycles. The van der Waals surface area contributed by atoms with Gasteiger partial charge >= 0.3 is 0 Å². The van der Waals surface area contributed by atoms with E-state index in [9.17, 15) is 0 Å². The third-order valence-corrected chi connectivity index (χ3v) is 7.22. The van der Waals surface area contributed by atoms with E-state index in [1.54, 1.807) is 11.3 Å². The fourth-order valence-corrected chi connectivity index (χ4v) is 5.56. The Hall–Kier alpha value is -1.80. The van der Waals surface area contributed by atoms with E-state index in [0.717, 1.165) is 23.0 Å². The molecule has 1 aliphatic rings. The van der Waals surface area contributed by atoms with Crippen molar-refractivity contribution in [3.8, 4) is 11.5 Å². The average Bonchev–Trinajstić information content (AvgIpc) is 3.44. The van der Waals surface area contributed by atoms with Crippen molar-refractivity contribution in [3.05, 3.63) is 78.9 Å². The number of hydrogen-bond acceptors (Lipinski definition) is 6. The first kappa shape index (κ1) is 17.3. The first-order valence-corrected chi connectivity index (χ1v) is 11.3. The minimum absolute atomic E-state index is 0.267. The van der Waals surface area contributed by atoms with Crippen LogP contribution in [-0.2, 0) is 13.0 Å². The predicted octanol–water partition coefficient (Wildman–Crippen LogP) is 5.77. The Bertz CT molecular complexity index is 1040. The molecule has 1 atom stereocenters. The third-order valence-electron chi connectivity index (χ3n) is 4.77. The first-order valence-electron chi connectivity index (χ1n) is 8.70. The van der Waals surface area contributed by atoms with Crippen LogP contribution in [0, 0.1) is 0 Å². The summed E-state index contributed by atoms with van der Waals surface area (Å²) in [5.74, 6) is 1.23. The van der Waals surface area contributed by atoms with Crippen molar-refractivity contribution >= 4 is 38.6 Å². The topological polar surface area (TPSA) is 42.2 Å². The second kappa shape index (κ2) is 7.31. The highest BCUT2D eigenvalue weighted by Gasteiger charge is 2.31. The lowest BCUT2D eigenvalue weighted by molar-refractivity contribution is 0.189. The van der Waals surface area contributed by atoms with Crippen LogP contribution in [0.25, 0.3) is 11.5 Å².